The maximum absolute atomic E-state index is 4.18. The van der Waals surface area contributed by atoms with E-state index in [1.807, 2.05) is 4.68 Å². The van der Waals surface area contributed by atoms with Crippen LogP contribution in [0.5, 0.6) is 0 Å². The van der Waals surface area contributed by atoms with Gasteiger partial charge in [0.15, 0.2) is 0 Å². The Kier molecular flexibility index (Phi) is 4.51. The molecule has 0 fully saturated rings. The van der Waals surface area contributed by atoms with Crippen molar-refractivity contribution in [3.8, 4) is 0 Å². The molecule has 0 amide bonds. The minimum absolute atomic E-state index is 0.413. The quantitative estimate of drug-likeness (QED) is 0.714. The molecule has 1 heterocycles. The van der Waals surface area contributed by atoms with Gasteiger partial charge in [-0.05, 0) is 38.5 Å². The average Bonchev–Trinajstić information content (AvgIpc) is 2.59. The maximum atomic E-state index is 4.18. The first-order chi connectivity index (χ1) is 7.38. The Morgan fingerprint density at radius 3 is 2.44 bits per heavy atom. The van der Waals surface area contributed by atoms with Crippen molar-refractivity contribution in [1.82, 2.24) is 15.0 Å². The maximum Gasteiger partial charge on any atom is 0.0827 e. The fraction of sp³-hybridized carbons (Fsp3) is 0.846. The molecule has 0 atom stereocenters. The van der Waals surface area contributed by atoms with Crippen LogP contribution in [0.2, 0.25) is 0 Å². The van der Waals surface area contributed by atoms with Crippen LogP contribution in [-0.2, 0) is 6.42 Å². The van der Waals surface area contributed by atoms with E-state index in [9.17, 15) is 0 Å². The van der Waals surface area contributed by atoms with E-state index in [2.05, 4.69) is 51.1 Å². The average molecular weight is 223 g/mol. The molecule has 1 aromatic rings. The number of nitrogens with zero attached hydrogens (tertiary/aromatic N) is 3. The normalized spacial score (nSPS) is 12.4. The van der Waals surface area contributed by atoms with Gasteiger partial charge in [-0.1, -0.05) is 32.4 Å². The van der Waals surface area contributed by atoms with Crippen LogP contribution in [0.15, 0.2) is 6.20 Å². The van der Waals surface area contributed by atoms with Gasteiger partial charge < -0.3 is 0 Å². The number of hydrogen-bond acceptors (Lipinski definition) is 2. The lowest BCUT2D eigenvalue weighted by Crippen LogP contribution is -2.04. The second-order valence-corrected chi connectivity index (χ2v) is 6.05. The van der Waals surface area contributed by atoms with E-state index in [1.54, 1.807) is 0 Å². The van der Waals surface area contributed by atoms with Crippen molar-refractivity contribution in [3.63, 3.8) is 0 Å². The van der Waals surface area contributed by atoms with Crippen LogP contribution in [0.3, 0.4) is 0 Å². The van der Waals surface area contributed by atoms with Crippen LogP contribution in [-0.4, -0.2) is 15.0 Å². The Bertz CT molecular complexity index is 307. The Morgan fingerprint density at radius 1 is 1.25 bits per heavy atom. The molecular weight excluding hydrogens is 198 g/mol. The largest absolute Gasteiger partial charge is 0.250 e. The second kappa shape index (κ2) is 5.46. The van der Waals surface area contributed by atoms with Gasteiger partial charge in [0.1, 0.15) is 0 Å². The molecule has 0 saturated heterocycles. The smallest absolute Gasteiger partial charge is 0.0827 e. The van der Waals surface area contributed by atoms with Gasteiger partial charge in [0.05, 0.1) is 5.69 Å². The number of aryl methyl sites for hydroxylation is 1. The molecule has 0 aliphatic rings. The highest BCUT2D eigenvalue weighted by Crippen LogP contribution is 2.22. The molecule has 1 aromatic heterocycles. The molecule has 0 unspecified atom stereocenters. The first-order valence-electron chi connectivity index (χ1n) is 6.29. The Labute approximate surface area is 99.2 Å². The summed E-state index contributed by atoms with van der Waals surface area (Å²) in [6, 6.07) is 0.413. The topological polar surface area (TPSA) is 30.7 Å². The van der Waals surface area contributed by atoms with Gasteiger partial charge >= 0.3 is 0 Å². The monoisotopic (exact) mass is 223 g/mol. The molecule has 0 spiro atoms. The van der Waals surface area contributed by atoms with E-state index in [0.717, 1.165) is 12.1 Å². The minimum atomic E-state index is 0.413. The minimum Gasteiger partial charge on any atom is -0.250 e. The summed E-state index contributed by atoms with van der Waals surface area (Å²) in [5.74, 6) is 0. The van der Waals surface area contributed by atoms with E-state index in [4.69, 9.17) is 0 Å². The van der Waals surface area contributed by atoms with E-state index < -0.39 is 0 Å². The summed E-state index contributed by atoms with van der Waals surface area (Å²) in [6.07, 6.45) is 6.90. The number of hydrogen-bond donors (Lipinski definition) is 0. The van der Waals surface area contributed by atoms with Gasteiger partial charge in [0, 0.05) is 12.2 Å². The van der Waals surface area contributed by atoms with E-state index in [0.29, 0.717) is 11.5 Å². The first-order valence-corrected chi connectivity index (χ1v) is 6.29. The predicted molar refractivity (Wildman–Crippen MR) is 67.4 cm³/mol. The summed E-state index contributed by atoms with van der Waals surface area (Å²) in [6.45, 7) is 11.1. The number of unbranched alkanes of at least 4 members (excludes halogenated alkanes) is 1. The molecule has 3 nitrogen and oxygen atoms in total. The van der Waals surface area contributed by atoms with Gasteiger partial charge in [-0.2, -0.15) is 0 Å². The fourth-order valence-electron chi connectivity index (χ4n) is 1.64. The fourth-order valence-corrected chi connectivity index (χ4v) is 1.64. The standard InChI is InChI=1S/C13H25N3/c1-11(2)16-10-12(14-15-16)8-6-7-9-13(3,4)5/h10-11H,6-9H2,1-5H3. The SMILES string of the molecule is CC(C)n1cc(CCCCC(C)(C)C)nn1. The molecule has 0 aliphatic carbocycles. The zero-order chi connectivity index (χ0) is 12.2. The van der Waals surface area contributed by atoms with Crippen molar-refractivity contribution in [2.24, 2.45) is 5.41 Å². The first kappa shape index (κ1) is 13.2. The Balaban J connectivity index is 2.27. The molecule has 16 heavy (non-hydrogen) atoms. The second-order valence-electron chi connectivity index (χ2n) is 6.05. The third-order valence-electron chi connectivity index (χ3n) is 2.70. The Morgan fingerprint density at radius 2 is 1.94 bits per heavy atom. The number of aromatic nitrogens is 3. The van der Waals surface area contributed by atoms with E-state index >= 15 is 0 Å². The molecule has 0 radical (unpaired) electrons. The lowest BCUT2D eigenvalue weighted by molar-refractivity contribution is 0.360. The van der Waals surface area contributed by atoms with Crippen molar-refractivity contribution in [3.05, 3.63) is 11.9 Å². The highest BCUT2D eigenvalue weighted by Gasteiger charge is 2.09. The molecule has 0 bridgehead atoms. The van der Waals surface area contributed by atoms with Gasteiger partial charge in [-0.25, -0.2) is 4.68 Å². The summed E-state index contributed by atoms with van der Waals surface area (Å²) >= 11 is 0. The highest BCUT2D eigenvalue weighted by molar-refractivity contribution is 4.92. The highest BCUT2D eigenvalue weighted by atomic mass is 15.4. The Hall–Kier alpha value is -0.860. The molecule has 0 aromatic carbocycles. The van der Waals surface area contributed by atoms with Crippen molar-refractivity contribution >= 4 is 0 Å². The zero-order valence-electron chi connectivity index (χ0n) is 11.3. The van der Waals surface area contributed by atoms with Crippen molar-refractivity contribution in [2.45, 2.75) is 66.3 Å². The van der Waals surface area contributed by atoms with Crippen molar-refractivity contribution in [1.29, 1.82) is 0 Å². The summed E-state index contributed by atoms with van der Waals surface area (Å²) in [5, 5.41) is 8.29. The van der Waals surface area contributed by atoms with Gasteiger partial charge in [-0.3, -0.25) is 0 Å². The van der Waals surface area contributed by atoms with Crippen LogP contribution in [0.1, 0.15) is 65.6 Å². The molecule has 0 aliphatic heterocycles. The van der Waals surface area contributed by atoms with Crippen molar-refractivity contribution < 1.29 is 0 Å². The predicted octanol–water partition coefficient (Wildman–Crippen LogP) is 3.62. The van der Waals surface area contributed by atoms with Crippen LogP contribution >= 0.6 is 0 Å². The van der Waals surface area contributed by atoms with E-state index in [1.165, 1.54) is 19.3 Å². The van der Waals surface area contributed by atoms with E-state index in [-0.39, 0.29) is 0 Å². The van der Waals surface area contributed by atoms with Crippen LogP contribution in [0.25, 0.3) is 0 Å². The number of rotatable bonds is 5. The third kappa shape index (κ3) is 4.77. The summed E-state index contributed by atoms with van der Waals surface area (Å²) in [4.78, 5) is 0. The lowest BCUT2D eigenvalue weighted by atomic mass is 9.89. The van der Waals surface area contributed by atoms with Crippen LogP contribution in [0, 0.1) is 5.41 Å². The van der Waals surface area contributed by atoms with Crippen LogP contribution in [0.4, 0.5) is 0 Å². The van der Waals surface area contributed by atoms with Crippen molar-refractivity contribution in [2.75, 3.05) is 0 Å². The van der Waals surface area contributed by atoms with Gasteiger partial charge in [-0.15, -0.1) is 5.10 Å². The summed E-state index contributed by atoms with van der Waals surface area (Å²) in [5.41, 5.74) is 1.58. The molecule has 0 N–H and O–H groups in total. The van der Waals surface area contributed by atoms with Gasteiger partial charge in [0.2, 0.25) is 0 Å². The summed E-state index contributed by atoms with van der Waals surface area (Å²) < 4.78 is 1.93. The molecule has 1 rings (SSSR count). The summed E-state index contributed by atoms with van der Waals surface area (Å²) in [7, 11) is 0. The van der Waals surface area contributed by atoms with Crippen LogP contribution < -0.4 is 0 Å². The molecular formula is C13H25N3. The molecule has 0 saturated carbocycles. The zero-order valence-corrected chi connectivity index (χ0v) is 11.3. The molecule has 92 valence electrons. The molecule has 3 heteroatoms. The lowest BCUT2D eigenvalue weighted by Gasteiger charge is -2.17. The third-order valence-corrected chi connectivity index (χ3v) is 2.70. The van der Waals surface area contributed by atoms with Gasteiger partial charge in [0.25, 0.3) is 0 Å².